The lowest BCUT2D eigenvalue weighted by Gasteiger charge is -2.10. The summed E-state index contributed by atoms with van der Waals surface area (Å²) >= 11 is 15.0. The predicted molar refractivity (Wildman–Crippen MR) is 83.9 cm³/mol. The standard InChI is InChI=1S/C12H9BrCl2N2O2S/c1-7-9(13)3-5-12(16-7)17-20(18,19)11-6-8(14)2-4-10(11)15/h2-6H,1H3,(H,16,17). The highest BCUT2D eigenvalue weighted by atomic mass is 79.9. The zero-order valence-electron chi connectivity index (χ0n) is 10.2. The normalized spacial score (nSPS) is 11.4. The fraction of sp³-hybridized carbons (Fsp3) is 0.0833. The van der Waals surface area contributed by atoms with E-state index in [0.717, 1.165) is 4.47 Å². The number of pyridine rings is 1. The van der Waals surface area contributed by atoms with Gasteiger partial charge in [-0.3, -0.25) is 4.72 Å². The third-order valence-corrected chi connectivity index (χ3v) is 5.35. The van der Waals surface area contributed by atoms with Crippen molar-refractivity contribution in [3.05, 3.63) is 50.5 Å². The molecular formula is C12H9BrCl2N2O2S. The lowest BCUT2D eigenvalue weighted by molar-refractivity contribution is 0.601. The van der Waals surface area contributed by atoms with Crippen molar-refractivity contribution in [1.29, 1.82) is 0 Å². The maximum absolute atomic E-state index is 12.3. The molecule has 106 valence electrons. The van der Waals surface area contributed by atoms with Gasteiger partial charge in [0.15, 0.2) is 0 Å². The van der Waals surface area contributed by atoms with E-state index < -0.39 is 10.0 Å². The Hall–Kier alpha value is -0.820. The zero-order chi connectivity index (χ0) is 14.9. The topological polar surface area (TPSA) is 59.1 Å². The highest BCUT2D eigenvalue weighted by Crippen LogP contribution is 2.27. The predicted octanol–water partition coefficient (Wildman–Crippen LogP) is 4.26. The average Bonchev–Trinajstić information content (AvgIpc) is 2.36. The van der Waals surface area contributed by atoms with Crippen molar-refractivity contribution >= 4 is 55.0 Å². The number of nitrogens with one attached hydrogen (secondary N) is 1. The molecule has 0 fully saturated rings. The largest absolute Gasteiger partial charge is 0.264 e. The Kier molecular flexibility index (Phi) is 4.59. The van der Waals surface area contributed by atoms with E-state index in [1.807, 2.05) is 0 Å². The molecule has 0 aliphatic carbocycles. The van der Waals surface area contributed by atoms with Crippen molar-refractivity contribution in [2.75, 3.05) is 4.72 Å². The highest BCUT2D eigenvalue weighted by Gasteiger charge is 2.19. The minimum atomic E-state index is -3.84. The van der Waals surface area contributed by atoms with Crippen LogP contribution in [-0.4, -0.2) is 13.4 Å². The minimum absolute atomic E-state index is 0.0889. The summed E-state index contributed by atoms with van der Waals surface area (Å²) < 4.78 is 27.7. The first-order chi connectivity index (χ1) is 9.29. The first-order valence-electron chi connectivity index (χ1n) is 5.40. The Morgan fingerprint density at radius 1 is 1.20 bits per heavy atom. The van der Waals surface area contributed by atoms with Crippen LogP contribution in [0, 0.1) is 6.92 Å². The van der Waals surface area contributed by atoms with E-state index in [0.29, 0.717) is 5.69 Å². The Morgan fingerprint density at radius 3 is 2.55 bits per heavy atom. The summed E-state index contributed by atoms with van der Waals surface area (Å²) in [7, 11) is -3.84. The summed E-state index contributed by atoms with van der Waals surface area (Å²) in [6.07, 6.45) is 0. The van der Waals surface area contributed by atoms with Crippen LogP contribution >= 0.6 is 39.1 Å². The quantitative estimate of drug-likeness (QED) is 0.844. The number of nitrogens with zero attached hydrogens (tertiary/aromatic N) is 1. The van der Waals surface area contributed by atoms with Crippen molar-refractivity contribution in [1.82, 2.24) is 4.98 Å². The lowest BCUT2D eigenvalue weighted by Crippen LogP contribution is -2.14. The van der Waals surface area contributed by atoms with Crippen molar-refractivity contribution in [3.8, 4) is 0 Å². The number of halogens is 3. The Balaban J connectivity index is 2.40. The van der Waals surface area contributed by atoms with Gasteiger partial charge in [0, 0.05) is 9.50 Å². The van der Waals surface area contributed by atoms with E-state index in [9.17, 15) is 8.42 Å². The second-order valence-corrected chi connectivity index (χ2v) is 7.29. The summed E-state index contributed by atoms with van der Waals surface area (Å²) in [5, 5.41) is 0.380. The van der Waals surface area contributed by atoms with Gasteiger partial charge < -0.3 is 0 Å². The molecule has 0 spiro atoms. The molecular weight excluding hydrogens is 387 g/mol. The van der Waals surface area contributed by atoms with Gasteiger partial charge in [-0.05, 0) is 53.2 Å². The van der Waals surface area contributed by atoms with E-state index in [4.69, 9.17) is 23.2 Å². The number of hydrogen-bond acceptors (Lipinski definition) is 3. The van der Waals surface area contributed by atoms with E-state index >= 15 is 0 Å². The van der Waals surface area contributed by atoms with Crippen molar-refractivity contribution < 1.29 is 8.42 Å². The summed E-state index contributed by atoms with van der Waals surface area (Å²) in [5.74, 6) is 0.210. The van der Waals surface area contributed by atoms with E-state index in [2.05, 4.69) is 25.6 Å². The highest BCUT2D eigenvalue weighted by molar-refractivity contribution is 9.10. The van der Waals surface area contributed by atoms with Crippen LogP contribution in [0.1, 0.15) is 5.69 Å². The third kappa shape index (κ3) is 3.44. The first-order valence-corrected chi connectivity index (χ1v) is 8.44. The first kappa shape index (κ1) is 15.6. The Bertz CT molecular complexity index is 766. The minimum Gasteiger partial charge on any atom is -0.263 e. The van der Waals surface area contributed by atoms with Gasteiger partial charge in [0.2, 0.25) is 0 Å². The Morgan fingerprint density at radius 2 is 1.90 bits per heavy atom. The zero-order valence-corrected chi connectivity index (χ0v) is 14.1. The number of aryl methyl sites for hydroxylation is 1. The van der Waals surface area contributed by atoms with Crippen LogP contribution < -0.4 is 4.72 Å². The molecule has 2 rings (SSSR count). The molecule has 0 radical (unpaired) electrons. The average molecular weight is 396 g/mol. The second-order valence-electron chi connectivity index (χ2n) is 3.94. The van der Waals surface area contributed by atoms with Crippen LogP contribution in [0.15, 0.2) is 39.7 Å². The molecule has 2 aromatic rings. The van der Waals surface area contributed by atoms with Gasteiger partial charge in [-0.2, -0.15) is 0 Å². The van der Waals surface area contributed by atoms with Gasteiger partial charge in [0.05, 0.1) is 10.7 Å². The van der Waals surface area contributed by atoms with Crippen LogP contribution in [0.2, 0.25) is 10.0 Å². The summed E-state index contributed by atoms with van der Waals surface area (Å²) in [4.78, 5) is 4.03. The van der Waals surface area contributed by atoms with E-state index in [-0.39, 0.29) is 20.8 Å². The number of hydrogen-bond donors (Lipinski definition) is 1. The molecule has 0 saturated carbocycles. The SMILES string of the molecule is Cc1nc(NS(=O)(=O)c2cc(Cl)ccc2Cl)ccc1Br. The second kappa shape index (κ2) is 5.89. The van der Waals surface area contributed by atoms with Crippen molar-refractivity contribution in [2.45, 2.75) is 11.8 Å². The maximum Gasteiger partial charge on any atom is 0.264 e. The number of sulfonamides is 1. The van der Waals surface area contributed by atoms with Crippen LogP contribution in [0.3, 0.4) is 0 Å². The van der Waals surface area contributed by atoms with E-state index in [1.165, 1.54) is 18.2 Å². The molecule has 1 aromatic carbocycles. The molecule has 1 aromatic heterocycles. The van der Waals surface area contributed by atoms with Gasteiger partial charge in [0.25, 0.3) is 10.0 Å². The van der Waals surface area contributed by atoms with Crippen LogP contribution in [0.25, 0.3) is 0 Å². The van der Waals surface area contributed by atoms with Gasteiger partial charge >= 0.3 is 0 Å². The molecule has 8 heteroatoms. The summed E-state index contributed by atoms with van der Waals surface area (Å²) in [6.45, 7) is 1.76. The Labute approximate surface area is 135 Å². The monoisotopic (exact) mass is 394 g/mol. The number of rotatable bonds is 3. The van der Waals surface area contributed by atoms with Crippen molar-refractivity contribution in [2.24, 2.45) is 0 Å². The fourth-order valence-electron chi connectivity index (χ4n) is 1.48. The molecule has 0 unspecified atom stereocenters. The maximum atomic E-state index is 12.3. The fourth-order valence-corrected chi connectivity index (χ4v) is 3.46. The number of benzene rings is 1. The third-order valence-electron chi connectivity index (χ3n) is 2.44. The molecule has 0 bridgehead atoms. The molecule has 1 heterocycles. The molecule has 0 aliphatic heterocycles. The summed E-state index contributed by atoms with van der Waals surface area (Å²) in [5.41, 5.74) is 0.669. The molecule has 0 saturated heterocycles. The van der Waals surface area contributed by atoms with Crippen LogP contribution in [-0.2, 0) is 10.0 Å². The number of aromatic nitrogens is 1. The molecule has 1 N–H and O–H groups in total. The number of anilines is 1. The molecule has 0 atom stereocenters. The molecule has 0 amide bonds. The van der Waals surface area contributed by atoms with Gasteiger partial charge in [-0.1, -0.05) is 23.2 Å². The smallest absolute Gasteiger partial charge is 0.263 e. The lowest BCUT2D eigenvalue weighted by atomic mass is 10.4. The summed E-state index contributed by atoms with van der Waals surface area (Å²) in [6, 6.07) is 7.49. The molecule has 4 nitrogen and oxygen atoms in total. The van der Waals surface area contributed by atoms with E-state index in [1.54, 1.807) is 19.1 Å². The van der Waals surface area contributed by atoms with Gasteiger partial charge in [-0.15, -0.1) is 0 Å². The van der Waals surface area contributed by atoms with Gasteiger partial charge in [0.1, 0.15) is 10.7 Å². The van der Waals surface area contributed by atoms with Crippen LogP contribution in [0.4, 0.5) is 5.82 Å². The van der Waals surface area contributed by atoms with Gasteiger partial charge in [-0.25, -0.2) is 13.4 Å². The van der Waals surface area contributed by atoms with Crippen molar-refractivity contribution in [3.63, 3.8) is 0 Å². The van der Waals surface area contributed by atoms with Crippen LogP contribution in [0.5, 0.6) is 0 Å². The molecule has 0 aliphatic rings. The molecule has 20 heavy (non-hydrogen) atoms.